The van der Waals surface area contributed by atoms with Crippen LogP contribution in [0.4, 0.5) is 10.1 Å². The van der Waals surface area contributed by atoms with Crippen LogP contribution in [-0.4, -0.2) is 24.2 Å². The van der Waals surface area contributed by atoms with Crippen molar-refractivity contribution in [2.75, 3.05) is 11.9 Å². The first-order valence-corrected chi connectivity index (χ1v) is 5.51. The Morgan fingerprint density at radius 3 is 2.82 bits per heavy atom. The molecule has 0 unspecified atom stereocenters. The van der Waals surface area contributed by atoms with Gasteiger partial charge in [0.25, 0.3) is 0 Å². The number of nitrogens with zero attached hydrogens (tertiary/aromatic N) is 1. The van der Waals surface area contributed by atoms with Crippen LogP contribution in [0.5, 0.6) is 0 Å². The normalized spacial score (nSPS) is 15.2. The van der Waals surface area contributed by atoms with Gasteiger partial charge >= 0.3 is 5.97 Å². The van der Waals surface area contributed by atoms with Crippen LogP contribution in [0, 0.1) is 5.82 Å². The van der Waals surface area contributed by atoms with Gasteiger partial charge in [-0.25, -0.2) is 9.18 Å². The molecule has 0 aliphatic heterocycles. The SMILES string of the molecule is CN(c1ccc(F)cc1/C=C/C(=O)O)C1CC1. The van der Waals surface area contributed by atoms with Crippen LogP contribution in [0.1, 0.15) is 18.4 Å². The fraction of sp³-hybridized carbons (Fsp3) is 0.308. The van der Waals surface area contributed by atoms with Crippen LogP contribution in [-0.2, 0) is 4.79 Å². The van der Waals surface area contributed by atoms with Gasteiger partial charge in [-0.15, -0.1) is 0 Å². The van der Waals surface area contributed by atoms with Gasteiger partial charge in [-0.3, -0.25) is 0 Å². The average molecular weight is 235 g/mol. The lowest BCUT2D eigenvalue weighted by Gasteiger charge is -2.21. The molecule has 1 aromatic rings. The van der Waals surface area contributed by atoms with Crippen molar-refractivity contribution >= 4 is 17.7 Å². The number of carbonyl (C=O) groups is 1. The van der Waals surface area contributed by atoms with E-state index in [4.69, 9.17) is 5.11 Å². The lowest BCUT2D eigenvalue weighted by molar-refractivity contribution is -0.131. The van der Waals surface area contributed by atoms with Crippen molar-refractivity contribution in [2.45, 2.75) is 18.9 Å². The van der Waals surface area contributed by atoms with Gasteiger partial charge in [0.05, 0.1) is 0 Å². The van der Waals surface area contributed by atoms with Gasteiger partial charge in [0.15, 0.2) is 0 Å². The maximum atomic E-state index is 13.2. The summed E-state index contributed by atoms with van der Waals surface area (Å²) in [7, 11) is 1.95. The summed E-state index contributed by atoms with van der Waals surface area (Å²) in [5.41, 5.74) is 1.47. The number of anilines is 1. The second-order valence-electron chi connectivity index (χ2n) is 4.22. The number of halogens is 1. The minimum Gasteiger partial charge on any atom is -0.478 e. The predicted molar refractivity (Wildman–Crippen MR) is 64.5 cm³/mol. The van der Waals surface area contributed by atoms with Gasteiger partial charge in [-0.05, 0) is 37.1 Å². The molecular formula is C13H14FNO2. The topological polar surface area (TPSA) is 40.5 Å². The maximum Gasteiger partial charge on any atom is 0.328 e. The molecule has 0 saturated heterocycles. The van der Waals surface area contributed by atoms with Crippen molar-refractivity contribution in [1.29, 1.82) is 0 Å². The van der Waals surface area contributed by atoms with Gasteiger partial charge < -0.3 is 10.0 Å². The van der Waals surface area contributed by atoms with Gasteiger partial charge in [0.1, 0.15) is 5.82 Å². The zero-order chi connectivity index (χ0) is 12.4. The molecule has 1 N–H and O–H groups in total. The summed E-state index contributed by atoms with van der Waals surface area (Å²) in [4.78, 5) is 12.6. The zero-order valence-electron chi connectivity index (χ0n) is 9.56. The van der Waals surface area contributed by atoms with Crippen molar-refractivity contribution in [1.82, 2.24) is 0 Å². The van der Waals surface area contributed by atoms with Crippen molar-refractivity contribution in [3.63, 3.8) is 0 Å². The summed E-state index contributed by atoms with van der Waals surface area (Å²) >= 11 is 0. The predicted octanol–water partition coefficient (Wildman–Crippen LogP) is 2.52. The van der Waals surface area contributed by atoms with Gasteiger partial charge in [0, 0.05) is 30.4 Å². The highest BCUT2D eigenvalue weighted by atomic mass is 19.1. The molecule has 1 saturated carbocycles. The second-order valence-corrected chi connectivity index (χ2v) is 4.22. The largest absolute Gasteiger partial charge is 0.478 e. The molecule has 2 rings (SSSR count). The standard InChI is InChI=1S/C13H14FNO2/c1-15(11-4-5-11)12-6-3-10(14)8-9(12)2-7-13(16)17/h2-3,6-8,11H,4-5H2,1H3,(H,16,17)/b7-2+. The zero-order valence-corrected chi connectivity index (χ0v) is 9.56. The molecule has 1 fully saturated rings. The molecule has 1 aromatic carbocycles. The highest BCUT2D eigenvalue weighted by Crippen LogP contribution is 2.32. The van der Waals surface area contributed by atoms with E-state index in [1.807, 2.05) is 7.05 Å². The number of rotatable bonds is 4. The summed E-state index contributed by atoms with van der Waals surface area (Å²) < 4.78 is 13.2. The third-order valence-electron chi connectivity index (χ3n) is 2.87. The Morgan fingerprint density at radius 2 is 2.24 bits per heavy atom. The molecule has 0 spiro atoms. The third-order valence-corrected chi connectivity index (χ3v) is 2.87. The Hall–Kier alpha value is -1.84. The van der Waals surface area contributed by atoms with E-state index < -0.39 is 5.97 Å². The quantitative estimate of drug-likeness (QED) is 0.815. The molecule has 90 valence electrons. The van der Waals surface area contributed by atoms with Gasteiger partial charge in [-0.2, -0.15) is 0 Å². The van der Waals surface area contributed by atoms with Crippen LogP contribution in [0.2, 0.25) is 0 Å². The average Bonchev–Trinajstić information content (AvgIpc) is 3.09. The van der Waals surface area contributed by atoms with Crippen LogP contribution in [0.15, 0.2) is 24.3 Å². The fourth-order valence-electron chi connectivity index (χ4n) is 1.80. The van der Waals surface area contributed by atoms with E-state index >= 15 is 0 Å². The number of benzene rings is 1. The van der Waals surface area contributed by atoms with Crippen molar-refractivity contribution < 1.29 is 14.3 Å². The Labute approximate surface area is 99.2 Å². The Morgan fingerprint density at radius 1 is 1.53 bits per heavy atom. The monoisotopic (exact) mass is 235 g/mol. The van der Waals surface area contributed by atoms with E-state index in [9.17, 15) is 9.18 Å². The number of hydrogen-bond donors (Lipinski definition) is 1. The first-order valence-electron chi connectivity index (χ1n) is 5.51. The molecule has 3 nitrogen and oxygen atoms in total. The first-order chi connectivity index (χ1) is 8.08. The van der Waals surface area contributed by atoms with Gasteiger partial charge in [0.2, 0.25) is 0 Å². The Kier molecular flexibility index (Phi) is 3.13. The van der Waals surface area contributed by atoms with Crippen LogP contribution < -0.4 is 4.90 Å². The van der Waals surface area contributed by atoms with E-state index in [1.165, 1.54) is 18.2 Å². The number of hydrogen-bond acceptors (Lipinski definition) is 2. The molecule has 17 heavy (non-hydrogen) atoms. The highest BCUT2D eigenvalue weighted by molar-refractivity contribution is 5.87. The smallest absolute Gasteiger partial charge is 0.328 e. The summed E-state index contributed by atoms with van der Waals surface area (Å²) in [6.45, 7) is 0. The van der Waals surface area contributed by atoms with Crippen molar-refractivity contribution in [2.24, 2.45) is 0 Å². The summed E-state index contributed by atoms with van der Waals surface area (Å²) in [5.74, 6) is -1.39. The maximum absolute atomic E-state index is 13.2. The molecular weight excluding hydrogens is 221 g/mol. The van der Waals surface area contributed by atoms with Crippen LogP contribution >= 0.6 is 0 Å². The molecule has 0 aromatic heterocycles. The van der Waals surface area contributed by atoms with Crippen LogP contribution in [0.3, 0.4) is 0 Å². The fourth-order valence-corrected chi connectivity index (χ4v) is 1.80. The number of carboxylic acid groups (broad SMARTS) is 1. The van der Waals surface area contributed by atoms with Gasteiger partial charge in [-0.1, -0.05) is 0 Å². The Balaban J connectivity index is 2.32. The minimum atomic E-state index is -1.03. The molecule has 0 atom stereocenters. The lowest BCUT2D eigenvalue weighted by Crippen LogP contribution is -2.20. The summed E-state index contributed by atoms with van der Waals surface area (Å²) in [5, 5.41) is 8.60. The van der Waals surface area contributed by atoms with E-state index in [0.29, 0.717) is 11.6 Å². The number of aliphatic carboxylic acids is 1. The lowest BCUT2D eigenvalue weighted by atomic mass is 10.1. The molecule has 0 heterocycles. The molecule has 0 radical (unpaired) electrons. The van der Waals surface area contributed by atoms with E-state index in [1.54, 1.807) is 6.07 Å². The van der Waals surface area contributed by atoms with E-state index in [-0.39, 0.29) is 5.82 Å². The summed E-state index contributed by atoms with van der Waals surface area (Å²) in [6, 6.07) is 4.94. The Bertz CT molecular complexity index is 466. The van der Waals surface area contributed by atoms with Crippen molar-refractivity contribution in [3.8, 4) is 0 Å². The second kappa shape index (κ2) is 4.57. The minimum absolute atomic E-state index is 0.358. The highest BCUT2D eigenvalue weighted by Gasteiger charge is 2.27. The van der Waals surface area contributed by atoms with Crippen molar-refractivity contribution in [3.05, 3.63) is 35.7 Å². The number of carboxylic acids is 1. The molecule has 1 aliphatic rings. The first kappa shape index (κ1) is 11.6. The van der Waals surface area contributed by atoms with E-state index in [0.717, 1.165) is 24.6 Å². The van der Waals surface area contributed by atoms with E-state index in [2.05, 4.69) is 4.90 Å². The third kappa shape index (κ3) is 2.84. The summed E-state index contributed by atoms with van der Waals surface area (Å²) in [6.07, 6.45) is 4.73. The molecule has 0 bridgehead atoms. The van der Waals surface area contributed by atoms with Crippen LogP contribution in [0.25, 0.3) is 6.08 Å². The molecule has 0 amide bonds. The molecule has 4 heteroatoms. The molecule has 1 aliphatic carbocycles.